The minimum Gasteiger partial charge on any atom is -0.228 e. The first kappa shape index (κ1) is 33.6. The fraction of sp³-hybridized carbons (Fsp3) is 0. The van der Waals surface area contributed by atoms with E-state index >= 15 is 0 Å². The largest absolute Gasteiger partial charge is 0.228 e. The molecule has 2 nitrogen and oxygen atoms in total. The molecule has 11 rings (SSSR count). The monoisotopic (exact) mass is 736 g/mol. The van der Waals surface area contributed by atoms with Crippen LogP contribution in [-0.2, 0) is 0 Å². The zero-order valence-corrected chi connectivity index (χ0v) is 31.7. The fourth-order valence-electron chi connectivity index (χ4n) is 8.59. The van der Waals surface area contributed by atoms with Gasteiger partial charge in [0.1, 0.15) is 0 Å². The molecule has 1 aromatic heterocycles. The van der Waals surface area contributed by atoms with Crippen molar-refractivity contribution in [2.45, 2.75) is 0 Å². The van der Waals surface area contributed by atoms with Crippen LogP contribution in [0.1, 0.15) is 0 Å². The fourth-order valence-corrected chi connectivity index (χ4v) is 8.59. The summed E-state index contributed by atoms with van der Waals surface area (Å²) in [6.45, 7) is 0. The number of fused-ring (bicyclic) bond motifs is 6. The topological polar surface area (TPSA) is 25.8 Å². The average Bonchev–Trinajstić information content (AvgIpc) is 3.31. The van der Waals surface area contributed by atoms with Crippen LogP contribution in [0.3, 0.4) is 0 Å². The molecule has 0 bridgehead atoms. The van der Waals surface area contributed by atoms with Crippen LogP contribution in [0.4, 0.5) is 0 Å². The standard InChI is InChI=1S/C56H36N2/c1-2-14-37(15-3-1)38-28-30-39(31-29-38)54-36-55(44-20-12-18-40(32-44)52-34-42-16-4-6-22-46(42)48-24-8-10-26-50(48)52)58-56(57-54)45-21-13-19-41(33-45)53-35-43-17-5-7-23-47(43)49-25-9-11-27-51(49)53/h1-36H. The Balaban J connectivity index is 1.07. The highest BCUT2D eigenvalue weighted by atomic mass is 14.9. The van der Waals surface area contributed by atoms with Crippen LogP contribution < -0.4 is 0 Å². The molecule has 0 saturated carbocycles. The minimum atomic E-state index is 0.688. The molecule has 0 radical (unpaired) electrons. The van der Waals surface area contributed by atoms with E-state index in [0.29, 0.717) is 5.82 Å². The molecule has 58 heavy (non-hydrogen) atoms. The summed E-state index contributed by atoms with van der Waals surface area (Å²) >= 11 is 0. The lowest BCUT2D eigenvalue weighted by molar-refractivity contribution is 1.18. The third kappa shape index (κ3) is 6.00. The lowest BCUT2D eigenvalue weighted by Gasteiger charge is -2.14. The molecule has 1 heterocycles. The van der Waals surface area contributed by atoms with E-state index < -0.39 is 0 Å². The maximum atomic E-state index is 5.35. The predicted molar refractivity (Wildman–Crippen MR) is 245 cm³/mol. The Morgan fingerprint density at radius 3 is 1.21 bits per heavy atom. The van der Waals surface area contributed by atoms with Crippen molar-refractivity contribution in [2.24, 2.45) is 0 Å². The van der Waals surface area contributed by atoms with Gasteiger partial charge in [0.05, 0.1) is 11.4 Å². The van der Waals surface area contributed by atoms with E-state index in [0.717, 1.165) is 39.2 Å². The van der Waals surface area contributed by atoms with Crippen LogP contribution in [0.15, 0.2) is 218 Å². The molecule has 2 heteroatoms. The van der Waals surface area contributed by atoms with Crippen molar-refractivity contribution >= 4 is 43.1 Å². The van der Waals surface area contributed by atoms with Gasteiger partial charge in [-0.25, -0.2) is 9.97 Å². The van der Waals surface area contributed by atoms with Crippen LogP contribution >= 0.6 is 0 Å². The number of nitrogens with zero attached hydrogens (tertiary/aromatic N) is 2. The summed E-state index contributed by atoms with van der Waals surface area (Å²) in [5.41, 5.74) is 11.8. The molecule has 0 aliphatic carbocycles. The van der Waals surface area contributed by atoms with Crippen molar-refractivity contribution < 1.29 is 0 Å². The van der Waals surface area contributed by atoms with E-state index in [4.69, 9.17) is 9.97 Å². The summed E-state index contributed by atoms with van der Waals surface area (Å²) in [6.07, 6.45) is 0. The molecule has 0 saturated heterocycles. The predicted octanol–water partition coefficient (Wildman–Crippen LogP) is 15.1. The lowest BCUT2D eigenvalue weighted by Crippen LogP contribution is -1.97. The number of benzene rings is 10. The molecule has 11 aromatic rings. The van der Waals surface area contributed by atoms with Gasteiger partial charge >= 0.3 is 0 Å². The highest BCUT2D eigenvalue weighted by Crippen LogP contribution is 2.39. The molecular formula is C56H36N2. The summed E-state index contributed by atoms with van der Waals surface area (Å²) in [4.78, 5) is 10.6. The first-order valence-electron chi connectivity index (χ1n) is 19.8. The Morgan fingerprint density at radius 1 is 0.224 bits per heavy atom. The second kappa shape index (κ2) is 14.1. The summed E-state index contributed by atoms with van der Waals surface area (Å²) in [5.74, 6) is 0.688. The van der Waals surface area contributed by atoms with Gasteiger partial charge in [-0.15, -0.1) is 0 Å². The molecule has 0 aliphatic rings. The van der Waals surface area contributed by atoms with E-state index in [1.807, 2.05) is 0 Å². The molecular weight excluding hydrogens is 701 g/mol. The van der Waals surface area contributed by atoms with Gasteiger partial charge in [0.15, 0.2) is 5.82 Å². The van der Waals surface area contributed by atoms with Crippen molar-refractivity contribution in [1.29, 1.82) is 0 Å². The van der Waals surface area contributed by atoms with Gasteiger partial charge in [-0.2, -0.15) is 0 Å². The first-order valence-corrected chi connectivity index (χ1v) is 19.8. The van der Waals surface area contributed by atoms with Crippen LogP contribution in [0, 0.1) is 0 Å². The van der Waals surface area contributed by atoms with Crippen molar-refractivity contribution in [1.82, 2.24) is 9.97 Å². The first-order chi connectivity index (χ1) is 28.7. The van der Waals surface area contributed by atoms with E-state index in [1.165, 1.54) is 65.3 Å². The molecule has 0 N–H and O–H groups in total. The van der Waals surface area contributed by atoms with Gasteiger partial charge in [-0.1, -0.05) is 188 Å². The molecule has 0 fully saturated rings. The molecule has 0 atom stereocenters. The van der Waals surface area contributed by atoms with Crippen LogP contribution in [-0.4, -0.2) is 9.97 Å². The third-order valence-electron chi connectivity index (χ3n) is 11.5. The van der Waals surface area contributed by atoms with Crippen molar-refractivity contribution in [3.05, 3.63) is 218 Å². The molecule has 0 spiro atoms. The molecule has 270 valence electrons. The zero-order valence-electron chi connectivity index (χ0n) is 31.7. The van der Waals surface area contributed by atoms with E-state index in [2.05, 4.69) is 218 Å². The van der Waals surface area contributed by atoms with Crippen molar-refractivity contribution in [2.75, 3.05) is 0 Å². The van der Waals surface area contributed by atoms with Crippen LogP contribution in [0.25, 0.3) is 110 Å². The highest BCUT2D eigenvalue weighted by molar-refractivity contribution is 6.15. The zero-order chi connectivity index (χ0) is 38.4. The van der Waals surface area contributed by atoms with Gasteiger partial charge < -0.3 is 0 Å². The molecule has 10 aromatic carbocycles. The SMILES string of the molecule is c1ccc(-c2ccc(-c3cc(-c4cccc(-c5cc6ccccc6c6ccccc56)c4)nc(-c4cccc(-c5cc6ccccc6c6ccccc56)c4)n3)cc2)cc1. The van der Waals surface area contributed by atoms with E-state index in [9.17, 15) is 0 Å². The molecule has 0 aliphatic heterocycles. The van der Waals surface area contributed by atoms with Gasteiger partial charge in [0.2, 0.25) is 0 Å². The average molecular weight is 737 g/mol. The van der Waals surface area contributed by atoms with Gasteiger partial charge in [-0.3, -0.25) is 0 Å². The smallest absolute Gasteiger partial charge is 0.160 e. The van der Waals surface area contributed by atoms with Crippen molar-refractivity contribution in [3.63, 3.8) is 0 Å². The van der Waals surface area contributed by atoms with Crippen molar-refractivity contribution in [3.8, 4) is 67.3 Å². The third-order valence-corrected chi connectivity index (χ3v) is 11.5. The second-order valence-electron chi connectivity index (χ2n) is 14.9. The number of rotatable bonds is 6. The quantitative estimate of drug-likeness (QED) is 0.159. The Kier molecular flexibility index (Phi) is 8.19. The Bertz CT molecular complexity index is 3150. The van der Waals surface area contributed by atoms with Gasteiger partial charge in [-0.05, 0) is 107 Å². The Hall–Kier alpha value is -7.68. The number of hydrogen-bond acceptors (Lipinski definition) is 2. The van der Waals surface area contributed by atoms with E-state index in [-0.39, 0.29) is 0 Å². The van der Waals surface area contributed by atoms with E-state index in [1.54, 1.807) is 0 Å². The maximum Gasteiger partial charge on any atom is 0.160 e. The Labute approximate surface area is 337 Å². The lowest BCUT2D eigenvalue weighted by atomic mass is 9.92. The molecule has 0 unspecified atom stereocenters. The maximum absolute atomic E-state index is 5.35. The summed E-state index contributed by atoms with van der Waals surface area (Å²) in [5, 5.41) is 9.94. The second-order valence-corrected chi connectivity index (χ2v) is 14.9. The normalized spacial score (nSPS) is 11.4. The van der Waals surface area contributed by atoms with Crippen LogP contribution in [0.5, 0.6) is 0 Å². The van der Waals surface area contributed by atoms with Gasteiger partial charge in [0, 0.05) is 16.7 Å². The van der Waals surface area contributed by atoms with Crippen LogP contribution in [0.2, 0.25) is 0 Å². The van der Waals surface area contributed by atoms with Gasteiger partial charge in [0.25, 0.3) is 0 Å². The summed E-state index contributed by atoms with van der Waals surface area (Å²) < 4.78 is 0. The minimum absolute atomic E-state index is 0.688. The highest BCUT2D eigenvalue weighted by Gasteiger charge is 2.16. The Morgan fingerprint density at radius 2 is 0.621 bits per heavy atom. The molecule has 0 amide bonds. The number of hydrogen-bond donors (Lipinski definition) is 0. The number of aromatic nitrogens is 2. The summed E-state index contributed by atoms with van der Waals surface area (Å²) in [6, 6.07) is 78.2. The summed E-state index contributed by atoms with van der Waals surface area (Å²) in [7, 11) is 0.